The van der Waals surface area contributed by atoms with Gasteiger partial charge in [0.2, 0.25) is 0 Å². The van der Waals surface area contributed by atoms with E-state index in [1.54, 1.807) is 6.07 Å². The molecule has 1 aromatic carbocycles. The van der Waals surface area contributed by atoms with Gasteiger partial charge in [-0.05, 0) is 30.4 Å². The van der Waals surface area contributed by atoms with Crippen LogP contribution in [0, 0.1) is 5.82 Å². The van der Waals surface area contributed by atoms with E-state index in [2.05, 4.69) is 0 Å². The van der Waals surface area contributed by atoms with Gasteiger partial charge in [0.25, 0.3) is 0 Å². The highest BCUT2D eigenvalue weighted by Gasteiger charge is 2.53. The fourth-order valence-electron chi connectivity index (χ4n) is 2.28. The van der Waals surface area contributed by atoms with Gasteiger partial charge in [0.15, 0.2) is 0 Å². The normalized spacial score (nSPS) is 16.7. The summed E-state index contributed by atoms with van der Waals surface area (Å²) in [6.07, 6.45) is 1.17. The molecule has 4 heteroatoms. The van der Waals surface area contributed by atoms with Crippen LogP contribution in [0.1, 0.15) is 43.7 Å². The monoisotopic (exact) mass is 252 g/mol. The van der Waals surface area contributed by atoms with Crippen LogP contribution in [0.4, 0.5) is 4.39 Å². The summed E-state index contributed by atoms with van der Waals surface area (Å²) in [7, 11) is 1.44. The summed E-state index contributed by atoms with van der Waals surface area (Å²) >= 11 is 0. The van der Waals surface area contributed by atoms with Crippen LogP contribution in [0.2, 0.25) is 0 Å². The lowest BCUT2D eigenvalue weighted by molar-refractivity contribution is -0.140. The van der Waals surface area contributed by atoms with Crippen LogP contribution in [-0.4, -0.2) is 18.2 Å². The van der Waals surface area contributed by atoms with Crippen molar-refractivity contribution in [2.24, 2.45) is 0 Å². The molecule has 0 amide bonds. The molecule has 1 aliphatic rings. The second kappa shape index (κ2) is 4.26. The van der Waals surface area contributed by atoms with Crippen molar-refractivity contribution in [3.05, 3.63) is 29.1 Å². The molecule has 0 saturated heterocycles. The van der Waals surface area contributed by atoms with Gasteiger partial charge in [0, 0.05) is 11.6 Å². The minimum absolute atomic E-state index is 0.0132. The molecule has 0 unspecified atom stereocenters. The SMILES string of the molecule is COc1cc(F)c(C(C)C)cc1C1(C(=O)O)CC1. The Morgan fingerprint density at radius 2 is 2.06 bits per heavy atom. The Bertz CT molecular complexity index is 490. The lowest BCUT2D eigenvalue weighted by Crippen LogP contribution is -2.21. The smallest absolute Gasteiger partial charge is 0.314 e. The van der Waals surface area contributed by atoms with Gasteiger partial charge >= 0.3 is 5.97 Å². The average Bonchev–Trinajstić information content (AvgIpc) is 3.09. The van der Waals surface area contributed by atoms with Crippen LogP contribution in [0.15, 0.2) is 12.1 Å². The third-order valence-corrected chi connectivity index (χ3v) is 3.62. The van der Waals surface area contributed by atoms with E-state index in [1.807, 2.05) is 13.8 Å². The van der Waals surface area contributed by atoms with E-state index in [0.29, 0.717) is 29.7 Å². The Morgan fingerprint density at radius 1 is 1.44 bits per heavy atom. The van der Waals surface area contributed by atoms with Crippen LogP contribution in [0.3, 0.4) is 0 Å². The van der Waals surface area contributed by atoms with Crippen LogP contribution in [-0.2, 0) is 10.2 Å². The molecule has 1 aliphatic carbocycles. The van der Waals surface area contributed by atoms with Gasteiger partial charge < -0.3 is 9.84 Å². The molecular weight excluding hydrogens is 235 g/mol. The summed E-state index contributed by atoms with van der Waals surface area (Å²) in [5, 5.41) is 9.33. The van der Waals surface area contributed by atoms with Gasteiger partial charge in [-0.25, -0.2) is 4.39 Å². The Kier molecular flexibility index (Phi) is 3.05. The number of rotatable bonds is 4. The lowest BCUT2D eigenvalue weighted by atomic mass is 9.90. The molecule has 1 fully saturated rings. The van der Waals surface area contributed by atoms with Crippen LogP contribution < -0.4 is 4.74 Å². The fourth-order valence-corrected chi connectivity index (χ4v) is 2.28. The van der Waals surface area contributed by atoms with E-state index in [9.17, 15) is 14.3 Å². The largest absolute Gasteiger partial charge is 0.496 e. The summed E-state index contributed by atoms with van der Waals surface area (Å²) in [6, 6.07) is 2.95. The topological polar surface area (TPSA) is 46.5 Å². The number of carboxylic acids is 1. The summed E-state index contributed by atoms with van der Waals surface area (Å²) in [6.45, 7) is 3.77. The zero-order valence-electron chi connectivity index (χ0n) is 10.8. The van der Waals surface area contributed by atoms with Crippen molar-refractivity contribution in [3.8, 4) is 5.75 Å². The number of hydrogen-bond acceptors (Lipinski definition) is 2. The summed E-state index contributed by atoms with van der Waals surface area (Å²) in [4.78, 5) is 11.4. The molecule has 0 aliphatic heterocycles. The third kappa shape index (κ3) is 1.85. The first kappa shape index (κ1) is 12.9. The maximum Gasteiger partial charge on any atom is 0.314 e. The zero-order valence-corrected chi connectivity index (χ0v) is 10.8. The van der Waals surface area contributed by atoms with Crippen molar-refractivity contribution >= 4 is 5.97 Å². The fraction of sp³-hybridized carbons (Fsp3) is 0.500. The molecular formula is C14H17FO3. The first-order chi connectivity index (χ1) is 8.42. The van der Waals surface area contributed by atoms with E-state index < -0.39 is 11.4 Å². The van der Waals surface area contributed by atoms with Crippen LogP contribution >= 0.6 is 0 Å². The molecule has 0 bridgehead atoms. The number of ether oxygens (including phenoxy) is 1. The number of carboxylic acid groups (broad SMARTS) is 1. The first-order valence-electron chi connectivity index (χ1n) is 6.03. The molecule has 0 atom stereocenters. The van der Waals surface area contributed by atoms with Crippen LogP contribution in [0.25, 0.3) is 0 Å². The molecule has 0 heterocycles. The minimum Gasteiger partial charge on any atom is -0.496 e. The van der Waals surface area contributed by atoms with E-state index in [4.69, 9.17) is 4.74 Å². The number of benzene rings is 1. The Hall–Kier alpha value is -1.58. The average molecular weight is 252 g/mol. The third-order valence-electron chi connectivity index (χ3n) is 3.62. The minimum atomic E-state index is -0.872. The molecule has 0 radical (unpaired) electrons. The van der Waals surface area contributed by atoms with Crippen molar-refractivity contribution in [1.82, 2.24) is 0 Å². The first-order valence-corrected chi connectivity index (χ1v) is 6.03. The highest BCUT2D eigenvalue weighted by Crippen LogP contribution is 2.52. The van der Waals surface area contributed by atoms with E-state index >= 15 is 0 Å². The van der Waals surface area contributed by atoms with E-state index in [1.165, 1.54) is 13.2 Å². The standard InChI is InChI=1S/C14H17FO3/c1-8(2)9-6-10(12(18-3)7-11(9)15)14(4-5-14)13(16)17/h6-8H,4-5H2,1-3H3,(H,16,17). The number of carbonyl (C=O) groups is 1. The molecule has 1 N–H and O–H groups in total. The Labute approximate surface area is 106 Å². The van der Waals surface area contributed by atoms with Gasteiger partial charge in [0.05, 0.1) is 12.5 Å². The quantitative estimate of drug-likeness (QED) is 0.895. The highest BCUT2D eigenvalue weighted by molar-refractivity contribution is 5.86. The maximum atomic E-state index is 13.9. The van der Waals surface area contributed by atoms with Crippen molar-refractivity contribution in [1.29, 1.82) is 0 Å². The van der Waals surface area contributed by atoms with Crippen molar-refractivity contribution in [2.45, 2.75) is 38.0 Å². The summed E-state index contributed by atoms with van der Waals surface area (Å²) < 4.78 is 19.0. The van der Waals surface area contributed by atoms with Gasteiger partial charge in [-0.15, -0.1) is 0 Å². The number of methoxy groups -OCH3 is 1. The molecule has 0 aromatic heterocycles. The molecule has 1 saturated carbocycles. The highest BCUT2D eigenvalue weighted by atomic mass is 19.1. The van der Waals surface area contributed by atoms with Crippen LogP contribution in [0.5, 0.6) is 5.75 Å². The van der Waals surface area contributed by atoms with E-state index in [-0.39, 0.29) is 11.7 Å². The van der Waals surface area contributed by atoms with Crippen molar-refractivity contribution in [3.63, 3.8) is 0 Å². The molecule has 1 aromatic rings. The van der Waals surface area contributed by atoms with Gasteiger partial charge in [-0.3, -0.25) is 4.79 Å². The van der Waals surface area contributed by atoms with Gasteiger partial charge in [0.1, 0.15) is 11.6 Å². The van der Waals surface area contributed by atoms with Gasteiger partial charge in [-0.1, -0.05) is 13.8 Å². The van der Waals surface area contributed by atoms with Gasteiger partial charge in [-0.2, -0.15) is 0 Å². The molecule has 2 rings (SSSR count). The summed E-state index contributed by atoms with van der Waals surface area (Å²) in [5.74, 6) is -0.857. The molecule has 18 heavy (non-hydrogen) atoms. The lowest BCUT2D eigenvalue weighted by Gasteiger charge is -2.18. The summed E-state index contributed by atoms with van der Waals surface area (Å²) in [5.41, 5.74) is 0.267. The number of halogens is 1. The molecule has 0 spiro atoms. The van der Waals surface area contributed by atoms with Crippen molar-refractivity contribution < 1.29 is 19.0 Å². The number of hydrogen-bond donors (Lipinski definition) is 1. The predicted molar refractivity (Wildman–Crippen MR) is 65.6 cm³/mol. The zero-order chi connectivity index (χ0) is 13.5. The van der Waals surface area contributed by atoms with Crippen molar-refractivity contribution in [2.75, 3.05) is 7.11 Å². The maximum absolute atomic E-state index is 13.9. The predicted octanol–water partition coefficient (Wildman–Crippen LogP) is 3.07. The van der Waals surface area contributed by atoms with E-state index in [0.717, 1.165) is 0 Å². The second-order valence-corrected chi connectivity index (χ2v) is 5.12. The number of aliphatic carboxylic acids is 1. The molecule has 98 valence electrons. The Morgan fingerprint density at radius 3 is 2.44 bits per heavy atom. The second-order valence-electron chi connectivity index (χ2n) is 5.12. The Balaban J connectivity index is 2.58. The molecule has 3 nitrogen and oxygen atoms in total.